The predicted molar refractivity (Wildman–Crippen MR) is 114 cm³/mol. The Hall–Kier alpha value is -1.55. The Kier molecular flexibility index (Phi) is 7.38. The Morgan fingerprint density at radius 2 is 1.57 bits per heavy atom. The molecule has 0 aromatic heterocycles. The number of carbonyl (C=O) groups is 1. The van der Waals surface area contributed by atoms with Gasteiger partial charge in [-0.25, -0.2) is 0 Å². The quantitative estimate of drug-likeness (QED) is 0.481. The molecule has 1 rings (SSSR count). The van der Waals surface area contributed by atoms with Crippen molar-refractivity contribution in [1.82, 2.24) is 0 Å². The molecular weight excluding hydrogens is 375 g/mol. The Labute approximate surface area is 170 Å². The molecule has 0 saturated heterocycles. The minimum absolute atomic E-state index is 0.0789. The van der Waals surface area contributed by atoms with E-state index >= 15 is 0 Å². The highest BCUT2D eigenvalue weighted by Gasteiger charge is 2.39. The van der Waals surface area contributed by atoms with Crippen molar-refractivity contribution in [1.29, 1.82) is 0 Å². The summed E-state index contributed by atoms with van der Waals surface area (Å²) in [5, 5.41) is 0. The van der Waals surface area contributed by atoms with Gasteiger partial charge >= 0.3 is 8.25 Å². The molecule has 0 fully saturated rings. The molecule has 1 N–H and O–H groups in total. The molecule has 0 spiro atoms. The fourth-order valence-corrected chi connectivity index (χ4v) is 3.46. The average Bonchev–Trinajstić information content (AvgIpc) is 2.50. The first-order chi connectivity index (χ1) is 12.5. The van der Waals surface area contributed by atoms with Crippen LogP contribution in [-0.4, -0.2) is 23.4 Å². The van der Waals surface area contributed by atoms with Gasteiger partial charge in [0.2, 0.25) is 0 Å². The highest BCUT2D eigenvalue weighted by molar-refractivity contribution is 7.32. The monoisotopic (exact) mass is 409 g/mol. The van der Waals surface area contributed by atoms with Crippen LogP contribution in [0.15, 0.2) is 17.7 Å². The third-order valence-electron chi connectivity index (χ3n) is 4.58. The summed E-state index contributed by atoms with van der Waals surface area (Å²) in [4.78, 5) is 21.8. The van der Waals surface area contributed by atoms with Gasteiger partial charge in [0.15, 0.2) is 11.4 Å². The van der Waals surface area contributed by atoms with Crippen molar-refractivity contribution in [2.45, 2.75) is 78.7 Å². The average molecular weight is 409 g/mol. The van der Waals surface area contributed by atoms with E-state index in [-0.39, 0.29) is 16.6 Å². The SMILES string of the molecule is COc1c(C=C(C)C(=O)C(C)(C)O[P+](=O)O)cc(C(C)(C)C)cc1C(C)(C)C. The van der Waals surface area contributed by atoms with Gasteiger partial charge in [-0.05, 0) is 54.9 Å². The molecule has 28 heavy (non-hydrogen) atoms. The molecule has 0 amide bonds. The summed E-state index contributed by atoms with van der Waals surface area (Å²) < 4.78 is 21.7. The van der Waals surface area contributed by atoms with E-state index in [0.29, 0.717) is 5.57 Å². The van der Waals surface area contributed by atoms with Crippen LogP contribution in [0, 0.1) is 0 Å². The summed E-state index contributed by atoms with van der Waals surface area (Å²) in [6, 6.07) is 4.20. The first-order valence-electron chi connectivity index (χ1n) is 9.32. The third kappa shape index (κ3) is 5.97. The van der Waals surface area contributed by atoms with Crippen LogP contribution in [0.1, 0.15) is 79.0 Å². The summed E-state index contributed by atoms with van der Waals surface area (Å²) in [6.45, 7) is 17.4. The largest absolute Gasteiger partial charge is 0.695 e. The first-order valence-corrected chi connectivity index (χ1v) is 10.4. The Morgan fingerprint density at radius 3 is 1.96 bits per heavy atom. The first kappa shape index (κ1) is 24.5. The Balaban J connectivity index is 3.64. The molecule has 0 bridgehead atoms. The maximum Gasteiger partial charge on any atom is 0.695 e. The van der Waals surface area contributed by atoms with Crippen LogP contribution >= 0.6 is 8.25 Å². The van der Waals surface area contributed by atoms with Crippen molar-refractivity contribution in [3.8, 4) is 5.75 Å². The second-order valence-electron chi connectivity index (χ2n) is 9.64. The number of benzene rings is 1. The number of Topliss-reactive ketones (excluding diaryl/α,β-unsaturated/α-hetero) is 1. The van der Waals surface area contributed by atoms with Crippen LogP contribution in [0.25, 0.3) is 6.08 Å². The van der Waals surface area contributed by atoms with E-state index in [9.17, 15) is 9.36 Å². The van der Waals surface area contributed by atoms with Gasteiger partial charge in [-0.1, -0.05) is 47.6 Å². The highest BCUT2D eigenvalue weighted by atomic mass is 31.1. The maximum atomic E-state index is 12.8. The van der Waals surface area contributed by atoms with E-state index in [1.165, 1.54) is 13.8 Å². The van der Waals surface area contributed by atoms with Crippen molar-refractivity contribution < 1.29 is 23.5 Å². The van der Waals surface area contributed by atoms with Crippen LogP contribution < -0.4 is 4.74 Å². The number of methoxy groups -OCH3 is 1. The van der Waals surface area contributed by atoms with Crippen molar-refractivity contribution >= 4 is 20.1 Å². The second kappa shape index (κ2) is 8.44. The van der Waals surface area contributed by atoms with E-state index in [4.69, 9.17) is 14.2 Å². The van der Waals surface area contributed by atoms with Gasteiger partial charge in [0.25, 0.3) is 0 Å². The van der Waals surface area contributed by atoms with Crippen LogP contribution in [0.3, 0.4) is 0 Å². The Morgan fingerprint density at radius 1 is 1.04 bits per heavy atom. The third-order valence-corrected chi connectivity index (χ3v) is 5.19. The van der Waals surface area contributed by atoms with Crippen LogP contribution in [0.5, 0.6) is 5.75 Å². The summed E-state index contributed by atoms with van der Waals surface area (Å²) in [7, 11) is -1.25. The summed E-state index contributed by atoms with van der Waals surface area (Å²) in [5.41, 5.74) is 1.79. The van der Waals surface area contributed by atoms with E-state index in [1.54, 1.807) is 20.1 Å². The van der Waals surface area contributed by atoms with Gasteiger partial charge in [-0.3, -0.25) is 4.79 Å². The topological polar surface area (TPSA) is 72.8 Å². The van der Waals surface area contributed by atoms with E-state index in [1.807, 2.05) is 6.07 Å². The molecule has 0 radical (unpaired) electrons. The van der Waals surface area contributed by atoms with Gasteiger partial charge in [0.1, 0.15) is 5.75 Å². The van der Waals surface area contributed by atoms with Crippen molar-refractivity contribution in [2.24, 2.45) is 0 Å². The maximum absolute atomic E-state index is 12.8. The Bertz CT molecular complexity index is 792. The fraction of sp³-hybridized carbons (Fsp3) is 0.591. The molecule has 0 aliphatic carbocycles. The molecule has 156 valence electrons. The van der Waals surface area contributed by atoms with E-state index in [2.05, 4.69) is 47.6 Å². The lowest BCUT2D eigenvalue weighted by atomic mass is 9.78. The summed E-state index contributed by atoms with van der Waals surface area (Å²) in [6.07, 6.45) is 1.77. The van der Waals surface area contributed by atoms with Gasteiger partial charge in [0, 0.05) is 15.7 Å². The molecule has 1 atom stereocenters. The lowest BCUT2D eigenvalue weighted by Crippen LogP contribution is -2.33. The van der Waals surface area contributed by atoms with Crippen LogP contribution in [0.4, 0.5) is 0 Å². The number of rotatable bonds is 6. The van der Waals surface area contributed by atoms with Crippen LogP contribution in [-0.2, 0) is 24.7 Å². The van der Waals surface area contributed by atoms with Crippen molar-refractivity contribution in [3.63, 3.8) is 0 Å². The zero-order valence-corrected chi connectivity index (χ0v) is 19.7. The van der Waals surface area contributed by atoms with Gasteiger partial charge in [-0.15, -0.1) is 9.42 Å². The second-order valence-corrected chi connectivity index (χ2v) is 10.3. The van der Waals surface area contributed by atoms with Gasteiger partial charge < -0.3 is 4.74 Å². The molecule has 1 aromatic rings. The molecule has 1 aromatic carbocycles. The van der Waals surface area contributed by atoms with Crippen molar-refractivity contribution in [2.75, 3.05) is 7.11 Å². The van der Waals surface area contributed by atoms with Gasteiger partial charge in [-0.2, -0.15) is 0 Å². The van der Waals surface area contributed by atoms with E-state index in [0.717, 1.165) is 22.4 Å². The minimum Gasteiger partial charge on any atom is -0.496 e. The lowest BCUT2D eigenvalue weighted by molar-refractivity contribution is -0.127. The fourth-order valence-electron chi connectivity index (χ4n) is 2.99. The molecule has 5 nitrogen and oxygen atoms in total. The minimum atomic E-state index is -2.88. The molecule has 6 heteroatoms. The lowest BCUT2D eigenvalue weighted by Gasteiger charge is -2.28. The molecular formula is C22H34O5P+. The molecule has 1 unspecified atom stereocenters. The van der Waals surface area contributed by atoms with Gasteiger partial charge in [0.05, 0.1) is 7.11 Å². The van der Waals surface area contributed by atoms with E-state index < -0.39 is 13.9 Å². The summed E-state index contributed by atoms with van der Waals surface area (Å²) in [5.74, 6) is 0.366. The normalized spacial score (nSPS) is 14.1. The summed E-state index contributed by atoms with van der Waals surface area (Å²) >= 11 is 0. The number of hydrogen-bond acceptors (Lipinski definition) is 4. The van der Waals surface area contributed by atoms with Crippen LogP contribution in [0.2, 0.25) is 0 Å². The standard InChI is InChI=1S/C22H33O5P/c1-14(19(23)22(8,9)27-28(24)25)11-15-12-16(20(2,3)4)13-17(18(15)26-10)21(5,6)7/h11-13H,1-10H3/p+1. The number of hydrogen-bond donors (Lipinski definition) is 1. The molecule has 0 aliphatic rings. The molecule has 0 heterocycles. The number of carbonyl (C=O) groups excluding carboxylic acids is 1. The zero-order chi connectivity index (χ0) is 22.1. The zero-order valence-electron chi connectivity index (χ0n) is 18.8. The number of ketones is 1. The molecule has 0 aliphatic heterocycles. The predicted octanol–water partition coefficient (Wildman–Crippen LogP) is 5.71. The number of ether oxygens (including phenoxy) is 1. The van der Waals surface area contributed by atoms with Crippen molar-refractivity contribution in [3.05, 3.63) is 34.4 Å². The highest BCUT2D eigenvalue weighted by Crippen LogP contribution is 2.39. The smallest absolute Gasteiger partial charge is 0.496 e. The molecule has 0 saturated carbocycles.